The Hall–Kier alpha value is -0.990. The number of aromatic nitrogens is 3. The molecule has 1 aliphatic rings. The van der Waals surface area contributed by atoms with Gasteiger partial charge in [0.2, 0.25) is 0 Å². The van der Waals surface area contributed by atoms with Gasteiger partial charge < -0.3 is 10.2 Å². The van der Waals surface area contributed by atoms with Crippen LogP contribution in [0.25, 0.3) is 0 Å². The van der Waals surface area contributed by atoms with Crippen molar-refractivity contribution < 1.29 is 8.42 Å². The van der Waals surface area contributed by atoms with Crippen molar-refractivity contribution >= 4 is 9.84 Å². The molecule has 0 spiro atoms. The first kappa shape index (κ1) is 14.4. The maximum atomic E-state index is 11.4. The van der Waals surface area contributed by atoms with Crippen LogP contribution in [-0.2, 0) is 22.9 Å². The zero-order chi connectivity index (χ0) is 13.9. The fraction of sp³-hybridized carbons (Fsp3) is 0.818. The summed E-state index contributed by atoms with van der Waals surface area (Å²) in [5, 5.41) is 11.1. The molecule has 1 atom stereocenters. The van der Waals surface area contributed by atoms with Crippen LogP contribution in [0.2, 0.25) is 0 Å². The molecule has 1 N–H and O–H groups in total. The Morgan fingerprint density at radius 1 is 1.58 bits per heavy atom. The highest BCUT2D eigenvalue weighted by Crippen LogP contribution is 2.16. The number of nitrogens with one attached hydrogen (secondary N) is 1. The molecule has 8 heteroatoms. The van der Waals surface area contributed by atoms with E-state index in [1.54, 1.807) is 4.68 Å². The van der Waals surface area contributed by atoms with Crippen LogP contribution in [0.3, 0.4) is 0 Å². The monoisotopic (exact) mass is 287 g/mol. The number of rotatable bonds is 6. The lowest BCUT2D eigenvalue weighted by Gasteiger charge is -2.22. The zero-order valence-electron chi connectivity index (χ0n) is 11.4. The number of hydrogen-bond acceptors (Lipinski definition) is 6. The molecule has 2 heterocycles. The van der Waals surface area contributed by atoms with Crippen molar-refractivity contribution in [2.45, 2.75) is 25.6 Å². The Morgan fingerprint density at radius 2 is 2.37 bits per heavy atom. The first-order chi connectivity index (χ1) is 9.00. The topological polar surface area (TPSA) is 80.1 Å². The highest BCUT2D eigenvalue weighted by molar-refractivity contribution is 7.91. The van der Waals surface area contributed by atoms with Crippen LogP contribution in [0, 0.1) is 0 Å². The van der Waals surface area contributed by atoms with Crippen LogP contribution in [0.4, 0.5) is 0 Å². The van der Waals surface area contributed by atoms with Crippen LogP contribution in [0.5, 0.6) is 0 Å². The van der Waals surface area contributed by atoms with Gasteiger partial charge in [-0.25, -0.2) is 8.42 Å². The molecular weight excluding hydrogens is 266 g/mol. The number of likely N-dealkylation sites (N-methyl/N-ethyl adjacent to an activating group) is 1. The smallest absolute Gasteiger partial charge is 0.151 e. The first-order valence-corrected chi connectivity index (χ1v) is 8.26. The summed E-state index contributed by atoms with van der Waals surface area (Å²) in [6.45, 7) is 2.21. The van der Waals surface area contributed by atoms with Gasteiger partial charge in [0.25, 0.3) is 0 Å². The molecule has 0 aliphatic carbocycles. The van der Waals surface area contributed by atoms with Crippen molar-refractivity contribution in [2.24, 2.45) is 0 Å². The number of sulfone groups is 1. The Bertz CT molecular complexity index is 513. The second kappa shape index (κ2) is 5.98. The van der Waals surface area contributed by atoms with Crippen molar-refractivity contribution in [1.29, 1.82) is 0 Å². The molecule has 1 aromatic rings. The van der Waals surface area contributed by atoms with Gasteiger partial charge in [-0.3, -0.25) is 4.68 Å². The van der Waals surface area contributed by atoms with E-state index in [0.29, 0.717) is 12.3 Å². The quantitative estimate of drug-likeness (QED) is 0.731. The number of hydrogen-bond donors (Lipinski definition) is 1. The van der Waals surface area contributed by atoms with E-state index in [0.717, 1.165) is 25.2 Å². The molecule has 0 radical (unpaired) electrons. The van der Waals surface area contributed by atoms with Gasteiger partial charge in [0.05, 0.1) is 23.7 Å². The standard InChI is InChI=1S/C11H21N5O2S/c1-12-7-10-8-16(14-13-10)5-4-15(2)11-3-6-19(17,18)9-11/h8,11-12H,3-7,9H2,1-2H3. The SMILES string of the molecule is CNCc1cn(CCN(C)C2CCS(=O)(=O)C2)nn1. The lowest BCUT2D eigenvalue weighted by Crippen LogP contribution is -2.35. The van der Waals surface area contributed by atoms with Crippen molar-refractivity contribution in [3.8, 4) is 0 Å². The summed E-state index contributed by atoms with van der Waals surface area (Å²) in [6.07, 6.45) is 2.65. The molecule has 0 bridgehead atoms. The van der Waals surface area contributed by atoms with E-state index in [9.17, 15) is 8.42 Å². The second-order valence-corrected chi connectivity index (χ2v) is 7.27. The molecule has 0 amide bonds. The van der Waals surface area contributed by atoms with E-state index in [1.807, 2.05) is 20.3 Å². The van der Waals surface area contributed by atoms with Gasteiger partial charge in [-0.2, -0.15) is 0 Å². The van der Waals surface area contributed by atoms with E-state index >= 15 is 0 Å². The third-order valence-electron chi connectivity index (χ3n) is 3.46. The van der Waals surface area contributed by atoms with E-state index in [2.05, 4.69) is 20.5 Å². The maximum Gasteiger partial charge on any atom is 0.151 e. The Labute approximate surface area is 113 Å². The molecule has 19 heavy (non-hydrogen) atoms. The summed E-state index contributed by atoms with van der Waals surface area (Å²) in [5.74, 6) is 0.601. The summed E-state index contributed by atoms with van der Waals surface area (Å²) in [7, 11) is 1.03. The number of nitrogens with zero attached hydrogens (tertiary/aromatic N) is 4. The van der Waals surface area contributed by atoms with Crippen LogP contribution in [-0.4, -0.2) is 66.5 Å². The Balaban J connectivity index is 1.81. The molecule has 1 unspecified atom stereocenters. The van der Waals surface area contributed by atoms with Crippen LogP contribution in [0.15, 0.2) is 6.20 Å². The summed E-state index contributed by atoms with van der Waals surface area (Å²) in [5.41, 5.74) is 0.911. The van der Waals surface area contributed by atoms with Crippen molar-refractivity contribution in [1.82, 2.24) is 25.2 Å². The van der Waals surface area contributed by atoms with E-state index in [4.69, 9.17) is 0 Å². The van der Waals surface area contributed by atoms with E-state index < -0.39 is 9.84 Å². The van der Waals surface area contributed by atoms with Gasteiger partial charge >= 0.3 is 0 Å². The van der Waals surface area contributed by atoms with Crippen LogP contribution in [0.1, 0.15) is 12.1 Å². The minimum atomic E-state index is -2.81. The molecule has 7 nitrogen and oxygen atoms in total. The highest BCUT2D eigenvalue weighted by atomic mass is 32.2. The van der Waals surface area contributed by atoms with E-state index in [-0.39, 0.29) is 11.8 Å². The lowest BCUT2D eigenvalue weighted by atomic mass is 10.2. The largest absolute Gasteiger partial charge is 0.314 e. The molecule has 0 saturated carbocycles. The molecular formula is C11H21N5O2S. The molecule has 0 aromatic carbocycles. The van der Waals surface area contributed by atoms with Gasteiger partial charge in [0.15, 0.2) is 9.84 Å². The van der Waals surface area contributed by atoms with Crippen molar-refractivity contribution in [3.05, 3.63) is 11.9 Å². The third kappa shape index (κ3) is 3.99. The molecule has 2 rings (SSSR count). The summed E-state index contributed by atoms with van der Waals surface area (Å²) < 4.78 is 24.7. The fourth-order valence-electron chi connectivity index (χ4n) is 2.28. The minimum absolute atomic E-state index is 0.144. The normalized spacial score (nSPS) is 22.2. The first-order valence-electron chi connectivity index (χ1n) is 6.44. The second-order valence-electron chi connectivity index (χ2n) is 5.04. The van der Waals surface area contributed by atoms with Gasteiger partial charge in [-0.15, -0.1) is 5.10 Å². The zero-order valence-corrected chi connectivity index (χ0v) is 12.2. The minimum Gasteiger partial charge on any atom is -0.314 e. The van der Waals surface area contributed by atoms with Gasteiger partial charge in [0, 0.05) is 25.3 Å². The lowest BCUT2D eigenvalue weighted by molar-refractivity contribution is 0.247. The van der Waals surface area contributed by atoms with Gasteiger partial charge in [0.1, 0.15) is 0 Å². The predicted molar refractivity (Wildman–Crippen MR) is 72.5 cm³/mol. The molecule has 108 valence electrons. The molecule has 1 fully saturated rings. The molecule has 1 aliphatic heterocycles. The van der Waals surface area contributed by atoms with Crippen LogP contribution < -0.4 is 5.32 Å². The molecule has 1 aromatic heterocycles. The molecule has 1 saturated heterocycles. The average Bonchev–Trinajstić information content (AvgIpc) is 2.93. The van der Waals surface area contributed by atoms with Crippen LogP contribution >= 0.6 is 0 Å². The Morgan fingerprint density at radius 3 is 3.00 bits per heavy atom. The summed E-state index contributed by atoms with van der Waals surface area (Å²) in [4.78, 5) is 2.10. The maximum absolute atomic E-state index is 11.4. The third-order valence-corrected chi connectivity index (χ3v) is 5.21. The van der Waals surface area contributed by atoms with Crippen molar-refractivity contribution in [2.75, 3.05) is 32.1 Å². The summed E-state index contributed by atoms with van der Waals surface area (Å²) in [6, 6.07) is 0.144. The highest BCUT2D eigenvalue weighted by Gasteiger charge is 2.30. The van der Waals surface area contributed by atoms with E-state index in [1.165, 1.54) is 0 Å². The average molecular weight is 287 g/mol. The van der Waals surface area contributed by atoms with Gasteiger partial charge in [-0.1, -0.05) is 5.21 Å². The Kier molecular flexibility index (Phi) is 4.54. The summed E-state index contributed by atoms with van der Waals surface area (Å²) >= 11 is 0. The predicted octanol–water partition coefficient (Wildman–Crippen LogP) is -0.884. The fourth-order valence-corrected chi connectivity index (χ4v) is 4.08. The van der Waals surface area contributed by atoms with Crippen molar-refractivity contribution in [3.63, 3.8) is 0 Å². The van der Waals surface area contributed by atoms with Gasteiger partial charge in [-0.05, 0) is 20.5 Å².